The van der Waals surface area contributed by atoms with E-state index in [1.54, 1.807) is 44.0 Å². The van der Waals surface area contributed by atoms with Gasteiger partial charge in [0.15, 0.2) is 5.82 Å². The highest BCUT2D eigenvalue weighted by molar-refractivity contribution is 6.32. The number of carbonyl (C=O) groups excluding carboxylic acids is 2. The summed E-state index contributed by atoms with van der Waals surface area (Å²) in [5, 5.41) is 16.1. The summed E-state index contributed by atoms with van der Waals surface area (Å²) < 4.78 is 15.6. The molecule has 0 aliphatic carbocycles. The minimum absolute atomic E-state index is 0.0133. The smallest absolute Gasteiger partial charge is 0.289 e. The summed E-state index contributed by atoms with van der Waals surface area (Å²) >= 11 is 5.95. The summed E-state index contributed by atoms with van der Waals surface area (Å²) in [4.78, 5) is 32.3. The zero-order valence-corrected chi connectivity index (χ0v) is 17.7. The number of hydrogen-bond acceptors (Lipinski definition) is 5. The number of amides is 2. The van der Waals surface area contributed by atoms with Crippen molar-refractivity contribution in [3.63, 3.8) is 0 Å². The van der Waals surface area contributed by atoms with Crippen LogP contribution in [0.2, 0.25) is 5.02 Å². The van der Waals surface area contributed by atoms with Gasteiger partial charge in [0.1, 0.15) is 23.1 Å². The summed E-state index contributed by atoms with van der Waals surface area (Å²) in [5.41, 5.74) is 0.869. The second kappa shape index (κ2) is 8.97. The Morgan fingerprint density at radius 1 is 1.42 bits per heavy atom. The molecule has 2 N–H and O–H groups in total. The number of rotatable bonds is 6. The van der Waals surface area contributed by atoms with Crippen LogP contribution in [-0.2, 0) is 6.54 Å². The van der Waals surface area contributed by atoms with Crippen LogP contribution < -0.4 is 5.32 Å². The third kappa shape index (κ3) is 4.90. The van der Waals surface area contributed by atoms with Crippen molar-refractivity contribution in [2.45, 2.75) is 19.5 Å². The van der Waals surface area contributed by atoms with E-state index >= 15 is 0 Å². The molecule has 9 nitrogen and oxygen atoms in total. The summed E-state index contributed by atoms with van der Waals surface area (Å²) in [6.07, 6.45) is 2.99. The number of H-pyrrole nitrogens is 1. The first-order valence-electron chi connectivity index (χ1n) is 9.20. The number of benzene rings is 1. The molecule has 2 heterocycles. The van der Waals surface area contributed by atoms with Gasteiger partial charge in [-0.3, -0.25) is 14.3 Å². The maximum atomic E-state index is 14.0. The normalized spacial score (nSPS) is 11.6. The van der Waals surface area contributed by atoms with Gasteiger partial charge < -0.3 is 15.2 Å². The molecular weight excluding hydrogens is 425 g/mol. The molecule has 1 atom stereocenters. The van der Waals surface area contributed by atoms with Gasteiger partial charge in [-0.25, -0.2) is 9.37 Å². The number of nitrogens with one attached hydrogen (secondary N) is 2. The second-order valence-corrected chi connectivity index (χ2v) is 7.48. The molecule has 1 unspecified atom stereocenters. The monoisotopic (exact) mass is 443 g/mol. The maximum Gasteiger partial charge on any atom is 0.289 e. The molecule has 2 aromatic heterocycles. The second-order valence-electron chi connectivity index (χ2n) is 7.07. The molecule has 31 heavy (non-hydrogen) atoms. The lowest BCUT2D eigenvalue weighted by Crippen LogP contribution is -2.36. The quantitative estimate of drug-likeness (QED) is 0.606. The average Bonchev–Trinajstić information content (AvgIpc) is 3.36. The van der Waals surface area contributed by atoms with Gasteiger partial charge in [-0.1, -0.05) is 11.6 Å². The average molecular weight is 444 g/mol. The zero-order valence-electron chi connectivity index (χ0n) is 17.0. The molecule has 0 aliphatic rings. The largest absolute Gasteiger partial charge is 0.346 e. The molecule has 11 heteroatoms. The number of aromatic amines is 1. The minimum atomic E-state index is -0.716. The van der Waals surface area contributed by atoms with Crippen molar-refractivity contribution < 1.29 is 14.0 Å². The van der Waals surface area contributed by atoms with Crippen molar-refractivity contribution >= 4 is 23.4 Å². The Morgan fingerprint density at radius 3 is 2.81 bits per heavy atom. The van der Waals surface area contributed by atoms with Gasteiger partial charge in [-0.2, -0.15) is 10.4 Å². The lowest BCUT2D eigenvalue weighted by atomic mass is 10.1. The van der Waals surface area contributed by atoms with E-state index in [9.17, 15) is 14.0 Å². The van der Waals surface area contributed by atoms with Crippen LogP contribution in [-0.4, -0.2) is 56.6 Å². The summed E-state index contributed by atoms with van der Waals surface area (Å²) in [6.45, 7) is 2.13. The fourth-order valence-corrected chi connectivity index (χ4v) is 3.08. The van der Waals surface area contributed by atoms with Gasteiger partial charge >= 0.3 is 0 Å². The van der Waals surface area contributed by atoms with E-state index < -0.39 is 11.7 Å². The molecule has 1 aromatic carbocycles. The predicted molar refractivity (Wildman–Crippen MR) is 111 cm³/mol. The number of imidazole rings is 1. The standard InChI is InChI=1S/C20H19ClFN7O2/c1-11(25-19(30)17-9-24-18(26-17)20(31)28(2)3)10-29-5-4-16(27-29)12-6-14(21)13(8-23)15(22)7-12/h4-7,9,11H,10H2,1-3H3,(H,24,26)(H,25,30). The molecule has 0 spiro atoms. The van der Waals surface area contributed by atoms with Gasteiger partial charge in [0.2, 0.25) is 0 Å². The van der Waals surface area contributed by atoms with Crippen LogP contribution in [0.5, 0.6) is 0 Å². The first-order chi connectivity index (χ1) is 14.7. The highest BCUT2D eigenvalue weighted by Crippen LogP contribution is 2.26. The predicted octanol–water partition coefficient (Wildman–Crippen LogP) is 2.46. The van der Waals surface area contributed by atoms with E-state index in [1.807, 2.05) is 0 Å². The van der Waals surface area contributed by atoms with Gasteiger partial charge in [-0.05, 0) is 25.1 Å². The molecule has 0 saturated heterocycles. The van der Waals surface area contributed by atoms with Crippen LogP contribution in [0.25, 0.3) is 11.3 Å². The first-order valence-corrected chi connectivity index (χ1v) is 9.58. The lowest BCUT2D eigenvalue weighted by molar-refractivity contribution is 0.0817. The molecule has 0 saturated carbocycles. The van der Waals surface area contributed by atoms with Crippen molar-refractivity contribution in [3.8, 4) is 17.3 Å². The fraction of sp³-hybridized carbons (Fsp3) is 0.250. The molecule has 0 aliphatic heterocycles. The highest BCUT2D eigenvalue weighted by Gasteiger charge is 2.18. The van der Waals surface area contributed by atoms with Crippen LogP contribution in [0.1, 0.15) is 33.6 Å². The molecule has 3 aromatic rings. The van der Waals surface area contributed by atoms with E-state index in [2.05, 4.69) is 20.4 Å². The molecule has 3 rings (SSSR count). The van der Waals surface area contributed by atoms with Crippen LogP contribution in [0.3, 0.4) is 0 Å². The maximum absolute atomic E-state index is 14.0. The fourth-order valence-electron chi connectivity index (χ4n) is 2.83. The third-order valence-electron chi connectivity index (χ3n) is 4.36. The molecular formula is C20H19ClFN7O2. The molecule has 2 amide bonds. The minimum Gasteiger partial charge on any atom is -0.346 e. The molecule has 0 radical (unpaired) electrons. The number of aromatic nitrogens is 4. The van der Waals surface area contributed by atoms with Gasteiger partial charge in [0.25, 0.3) is 11.8 Å². The number of nitrogens with zero attached hydrogens (tertiary/aromatic N) is 5. The van der Waals surface area contributed by atoms with E-state index in [4.69, 9.17) is 16.9 Å². The van der Waals surface area contributed by atoms with Crippen LogP contribution in [0.4, 0.5) is 4.39 Å². The summed E-state index contributed by atoms with van der Waals surface area (Å²) in [6, 6.07) is 5.77. The Balaban J connectivity index is 1.65. The summed E-state index contributed by atoms with van der Waals surface area (Å²) in [7, 11) is 3.18. The van der Waals surface area contributed by atoms with Gasteiger partial charge in [-0.15, -0.1) is 0 Å². The highest BCUT2D eigenvalue weighted by atomic mass is 35.5. The van der Waals surface area contributed by atoms with Crippen molar-refractivity contribution in [1.82, 2.24) is 30.0 Å². The van der Waals surface area contributed by atoms with Crippen LogP contribution in [0.15, 0.2) is 30.6 Å². The van der Waals surface area contributed by atoms with Crippen molar-refractivity contribution in [2.24, 2.45) is 0 Å². The Hall–Kier alpha value is -3.71. The van der Waals surface area contributed by atoms with Crippen molar-refractivity contribution in [1.29, 1.82) is 5.26 Å². The number of hydrogen-bond donors (Lipinski definition) is 2. The van der Waals surface area contributed by atoms with E-state index in [0.29, 0.717) is 17.8 Å². The van der Waals surface area contributed by atoms with E-state index in [1.165, 1.54) is 23.2 Å². The molecule has 160 valence electrons. The zero-order chi connectivity index (χ0) is 22.7. The van der Waals surface area contributed by atoms with Gasteiger partial charge in [0, 0.05) is 31.9 Å². The number of nitriles is 1. The number of halogens is 2. The Labute approximate surface area is 182 Å². The topological polar surface area (TPSA) is 120 Å². The Morgan fingerprint density at radius 2 is 2.16 bits per heavy atom. The van der Waals surface area contributed by atoms with Crippen molar-refractivity contribution in [2.75, 3.05) is 14.1 Å². The summed E-state index contributed by atoms with van der Waals surface area (Å²) in [5.74, 6) is -1.39. The molecule has 0 fully saturated rings. The third-order valence-corrected chi connectivity index (χ3v) is 4.66. The van der Waals surface area contributed by atoms with E-state index in [-0.39, 0.29) is 34.1 Å². The van der Waals surface area contributed by atoms with Crippen molar-refractivity contribution in [3.05, 3.63) is 58.5 Å². The van der Waals surface area contributed by atoms with Crippen LogP contribution >= 0.6 is 11.6 Å². The molecule has 0 bridgehead atoms. The van der Waals surface area contributed by atoms with E-state index in [0.717, 1.165) is 0 Å². The lowest BCUT2D eigenvalue weighted by Gasteiger charge is -2.13. The number of carbonyl (C=O) groups is 2. The van der Waals surface area contributed by atoms with Crippen LogP contribution in [0, 0.1) is 17.1 Å². The first kappa shape index (κ1) is 22.0. The Bertz CT molecular complexity index is 1160. The Kier molecular flexibility index (Phi) is 6.36. The SMILES string of the molecule is CC(Cn1ccc(-c2cc(F)c(C#N)c(Cl)c2)n1)NC(=O)c1cnc(C(=O)N(C)C)[nH]1. The van der Waals surface area contributed by atoms with Gasteiger partial charge in [0.05, 0.1) is 23.5 Å².